The first-order valence-electron chi connectivity index (χ1n) is 4.20. The summed E-state index contributed by atoms with van der Waals surface area (Å²) in [6.45, 7) is -0.0460. The van der Waals surface area contributed by atoms with Gasteiger partial charge in [-0.05, 0) is 29.9 Å². The van der Waals surface area contributed by atoms with Crippen LogP contribution in [0.4, 0.5) is 0 Å². The van der Waals surface area contributed by atoms with E-state index < -0.39 is 5.63 Å². The normalized spacial score (nSPS) is 8.87. The molecule has 0 aliphatic rings. The molecular weight excluding hydrogens is 192 g/mol. The van der Waals surface area contributed by atoms with Crippen LogP contribution >= 0.6 is 0 Å². The lowest BCUT2D eigenvalue weighted by molar-refractivity contribution is 0.343. The van der Waals surface area contributed by atoms with Gasteiger partial charge in [0, 0.05) is 6.07 Å². The molecule has 0 amide bonds. The van der Waals surface area contributed by atoms with Crippen LogP contribution in [0, 0.1) is 23.7 Å². The van der Waals surface area contributed by atoms with Crippen LogP contribution < -0.4 is 5.63 Å². The molecule has 1 heterocycles. The Morgan fingerprint density at radius 1 is 1.40 bits per heavy atom. The fourth-order valence-electron chi connectivity index (χ4n) is 0.740. The molecule has 74 valence electrons. The maximum absolute atomic E-state index is 10.8. The summed E-state index contributed by atoms with van der Waals surface area (Å²) in [6, 6.07) is 4.45. The van der Waals surface area contributed by atoms with E-state index in [4.69, 9.17) is 9.52 Å². The van der Waals surface area contributed by atoms with Gasteiger partial charge in [-0.2, -0.15) is 0 Å². The highest BCUT2D eigenvalue weighted by Gasteiger charge is 1.87. The van der Waals surface area contributed by atoms with Crippen LogP contribution in [-0.2, 0) is 0 Å². The van der Waals surface area contributed by atoms with E-state index in [0.29, 0.717) is 0 Å². The van der Waals surface area contributed by atoms with Gasteiger partial charge >= 0.3 is 5.63 Å². The minimum atomic E-state index is -0.435. The minimum Gasteiger partial charge on any atom is -0.414 e. The first-order valence-corrected chi connectivity index (χ1v) is 4.20. The lowest BCUT2D eigenvalue weighted by Crippen LogP contribution is -1.94. The van der Waals surface area contributed by atoms with Gasteiger partial charge in [-0.15, -0.1) is 0 Å². The molecule has 0 atom stereocenters. The highest BCUT2D eigenvalue weighted by Crippen LogP contribution is 1.89. The summed E-state index contributed by atoms with van der Waals surface area (Å²) < 4.78 is 4.75. The molecule has 0 aliphatic heterocycles. The first-order chi connectivity index (χ1) is 7.33. The van der Waals surface area contributed by atoms with Gasteiger partial charge in [0.25, 0.3) is 0 Å². The first kappa shape index (κ1) is 10.8. The Kier molecular flexibility index (Phi) is 4.53. The monoisotopic (exact) mass is 200 g/mol. The van der Waals surface area contributed by atoms with Crippen LogP contribution in [0.25, 0.3) is 0 Å². The van der Waals surface area contributed by atoms with E-state index >= 15 is 0 Å². The largest absolute Gasteiger partial charge is 0.414 e. The summed E-state index contributed by atoms with van der Waals surface area (Å²) in [5, 5.41) is 8.39. The smallest absolute Gasteiger partial charge is 0.336 e. The summed E-state index contributed by atoms with van der Waals surface area (Å²) in [5.41, 5.74) is -0.435. The van der Waals surface area contributed by atoms with Crippen molar-refractivity contribution < 1.29 is 9.52 Å². The van der Waals surface area contributed by atoms with E-state index in [1.807, 2.05) is 0 Å². The molecule has 1 aromatic heterocycles. The molecule has 15 heavy (non-hydrogen) atoms. The quantitative estimate of drug-likeness (QED) is 0.673. The predicted octanol–water partition coefficient (Wildman–Crippen LogP) is 0.543. The molecule has 3 heteroatoms. The van der Waals surface area contributed by atoms with Crippen LogP contribution in [0.3, 0.4) is 0 Å². The molecule has 0 radical (unpaired) electrons. The minimum absolute atomic E-state index is 0.0460. The van der Waals surface area contributed by atoms with Crippen LogP contribution in [0.15, 0.2) is 39.6 Å². The molecule has 1 aromatic rings. The molecule has 1 N–H and O–H groups in total. The molecule has 0 spiro atoms. The third kappa shape index (κ3) is 4.52. The highest BCUT2D eigenvalue weighted by atomic mass is 16.4. The van der Waals surface area contributed by atoms with Crippen LogP contribution in [-0.4, -0.2) is 11.7 Å². The summed E-state index contributed by atoms with van der Waals surface area (Å²) in [7, 11) is 0. The zero-order valence-corrected chi connectivity index (χ0v) is 7.86. The van der Waals surface area contributed by atoms with Crippen molar-refractivity contribution in [1.29, 1.82) is 0 Å². The van der Waals surface area contributed by atoms with Gasteiger partial charge in [0.1, 0.15) is 0 Å². The number of aliphatic hydroxyl groups excluding tert-OH is 1. The number of hydrogen-bond acceptors (Lipinski definition) is 3. The predicted molar refractivity (Wildman–Crippen MR) is 55.9 cm³/mol. The topological polar surface area (TPSA) is 50.4 Å². The van der Waals surface area contributed by atoms with Crippen molar-refractivity contribution in [1.82, 2.24) is 0 Å². The van der Waals surface area contributed by atoms with Gasteiger partial charge in [0.2, 0.25) is 0 Å². The van der Waals surface area contributed by atoms with Gasteiger partial charge in [0.05, 0.1) is 6.61 Å². The summed E-state index contributed by atoms with van der Waals surface area (Å²) in [5.74, 6) is 10.5. The number of aliphatic hydroxyl groups is 1. The maximum atomic E-state index is 10.8. The van der Waals surface area contributed by atoms with Crippen molar-refractivity contribution in [2.24, 2.45) is 0 Å². The number of hydrogen-bond donors (Lipinski definition) is 1. The average Bonchev–Trinajstić information content (AvgIpc) is 2.23. The molecule has 0 aliphatic carbocycles. The van der Waals surface area contributed by atoms with Crippen molar-refractivity contribution in [3.63, 3.8) is 0 Å². The van der Waals surface area contributed by atoms with Gasteiger partial charge in [-0.1, -0.05) is 18.1 Å². The standard InChI is InChI=1S/C12H8O3/c13-10-5-3-1-2-4-7-11-8-6-9-12(14)15-11/h3,5-6,8-9,13H,10H2/b5-3+. The fraction of sp³-hybridized carbons (Fsp3) is 0.0833. The molecule has 0 unspecified atom stereocenters. The van der Waals surface area contributed by atoms with E-state index in [-0.39, 0.29) is 12.4 Å². The van der Waals surface area contributed by atoms with Gasteiger partial charge in [0.15, 0.2) is 5.76 Å². The molecule has 0 bridgehead atoms. The Balaban J connectivity index is 2.69. The van der Waals surface area contributed by atoms with Gasteiger partial charge in [-0.3, -0.25) is 0 Å². The Bertz CT molecular complexity index is 515. The lowest BCUT2D eigenvalue weighted by atomic mass is 10.4. The number of rotatable bonds is 1. The second kappa shape index (κ2) is 6.26. The zero-order chi connectivity index (χ0) is 10.9. The van der Waals surface area contributed by atoms with Crippen molar-refractivity contribution in [2.75, 3.05) is 6.61 Å². The summed E-state index contributed by atoms with van der Waals surface area (Å²) in [6.07, 6.45) is 2.99. The Labute approximate surface area is 87.1 Å². The molecule has 0 saturated heterocycles. The van der Waals surface area contributed by atoms with Crippen molar-refractivity contribution in [3.05, 3.63) is 46.5 Å². The van der Waals surface area contributed by atoms with Crippen molar-refractivity contribution in [3.8, 4) is 23.7 Å². The molecule has 0 aromatic carbocycles. The molecule has 0 fully saturated rings. The average molecular weight is 200 g/mol. The third-order valence-corrected chi connectivity index (χ3v) is 1.32. The Hall–Kier alpha value is -2.23. The van der Waals surface area contributed by atoms with E-state index in [2.05, 4.69) is 23.7 Å². The fourth-order valence-corrected chi connectivity index (χ4v) is 0.740. The zero-order valence-electron chi connectivity index (χ0n) is 7.86. The number of allylic oxidation sites excluding steroid dienone is 1. The van der Waals surface area contributed by atoms with E-state index in [9.17, 15) is 4.79 Å². The van der Waals surface area contributed by atoms with E-state index in [1.165, 1.54) is 18.2 Å². The van der Waals surface area contributed by atoms with Crippen LogP contribution in [0.1, 0.15) is 5.76 Å². The Morgan fingerprint density at radius 3 is 3.00 bits per heavy atom. The van der Waals surface area contributed by atoms with Crippen molar-refractivity contribution >= 4 is 0 Å². The molecule has 1 rings (SSSR count). The van der Waals surface area contributed by atoms with E-state index in [1.54, 1.807) is 12.1 Å². The third-order valence-electron chi connectivity index (χ3n) is 1.32. The van der Waals surface area contributed by atoms with Gasteiger partial charge in [-0.25, -0.2) is 4.79 Å². The molecule has 3 nitrogen and oxygen atoms in total. The maximum Gasteiger partial charge on any atom is 0.336 e. The molecular formula is C12H8O3. The highest BCUT2D eigenvalue weighted by molar-refractivity contribution is 5.36. The van der Waals surface area contributed by atoms with Crippen LogP contribution in [0.2, 0.25) is 0 Å². The Morgan fingerprint density at radius 2 is 2.27 bits per heavy atom. The summed E-state index contributed by atoms with van der Waals surface area (Å²) in [4.78, 5) is 10.8. The van der Waals surface area contributed by atoms with Crippen molar-refractivity contribution in [2.45, 2.75) is 0 Å². The van der Waals surface area contributed by atoms with Gasteiger partial charge < -0.3 is 9.52 Å². The molecule has 0 saturated carbocycles. The second-order valence-electron chi connectivity index (χ2n) is 2.42. The SMILES string of the molecule is O=c1cccc(C#CC#C/C=C/CO)o1. The van der Waals surface area contributed by atoms with E-state index in [0.717, 1.165) is 0 Å². The lowest BCUT2D eigenvalue weighted by Gasteiger charge is -1.83. The van der Waals surface area contributed by atoms with Crippen LogP contribution in [0.5, 0.6) is 0 Å². The second-order valence-corrected chi connectivity index (χ2v) is 2.42. The summed E-state index contributed by atoms with van der Waals surface area (Å²) >= 11 is 0.